The Hall–Kier alpha value is -0.420. The average Bonchev–Trinajstić information content (AvgIpc) is 2.16. The monoisotopic (exact) mass is 220 g/mol. The van der Waals surface area contributed by atoms with E-state index in [4.69, 9.17) is 15.7 Å². The summed E-state index contributed by atoms with van der Waals surface area (Å²) in [6.07, 6.45) is 0.900. The third-order valence-corrected chi connectivity index (χ3v) is 3.05. The van der Waals surface area contributed by atoms with Crippen molar-refractivity contribution in [3.63, 3.8) is 0 Å². The van der Waals surface area contributed by atoms with Crippen molar-refractivity contribution < 1.29 is 9.94 Å². The molecule has 5 heteroatoms. The molecule has 0 aromatic heterocycles. The molecule has 0 rings (SSSR count). The molecule has 84 valence electrons. The maximum absolute atomic E-state index is 8.55. The number of ether oxygens (including phenoxy) is 1. The number of amidine groups is 1. The number of rotatable bonds is 7. The van der Waals surface area contributed by atoms with Crippen molar-refractivity contribution >= 4 is 17.6 Å². The van der Waals surface area contributed by atoms with Crippen LogP contribution in [-0.2, 0) is 4.74 Å². The summed E-state index contributed by atoms with van der Waals surface area (Å²) in [7, 11) is 1.70. The summed E-state index contributed by atoms with van der Waals surface area (Å²) in [6, 6.07) is 0. The van der Waals surface area contributed by atoms with Crippen LogP contribution < -0.4 is 5.73 Å². The van der Waals surface area contributed by atoms with Gasteiger partial charge in [-0.2, -0.15) is 11.8 Å². The molecule has 0 radical (unpaired) electrons. The van der Waals surface area contributed by atoms with Gasteiger partial charge in [0, 0.05) is 18.3 Å². The molecular formula is C9H20N2O2S. The molecule has 0 aliphatic carbocycles. The van der Waals surface area contributed by atoms with Gasteiger partial charge in [0.1, 0.15) is 5.84 Å². The van der Waals surface area contributed by atoms with Crippen LogP contribution in [0.15, 0.2) is 5.16 Å². The van der Waals surface area contributed by atoms with E-state index < -0.39 is 0 Å². The third kappa shape index (κ3) is 5.34. The molecule has 0 heterocycles. The number of methoxy groups -OCH3 is 1. The highest BCUT2D eigenvalue weighted by Crippen LogP contribution is 2.22. The average molecular weight is 220 g/mol. The normalized spacial score (nSPS) is 13.2. The Bertz CT molecular complexity index is 184. The molecule has 0 saturated carbocycles. The highest BCUT2D eigenvalue weighted by molar-refractivity contribution is 7.99. The minimum atomic E-state index is -0.227. The van der Waals surface area contributed by atoms with Crippen LogP contribution in [0.4, 0.5) is 0 Å². The minimum Gasteiger partial charge on any atom is -0.409 e. The van der Waals surface area contributed by atoms with Crippen LogP contribution in [0.5, 0.6) is 0 Å². The van der Waals surface area contributed by atoms with Gasteiger partial charge in [-0.05, 0) is 12.2 Å². The first kappa shape index (κ1) is 13.6. The lowest BCUT2D eigenvalue weighted by Crippen LogP contribution is -2.32. The molecule has 0 saturated heterocycles. The van der Waals surface area contributed by atoms with Crippen LogP contribution in [0.3, 0.4) is 0 Å². The second kappa shape index (κ2) is 6.95. The molecule has 4 nitrogen and oxygen atoms in total. The van der Waals surface area contributed by atoms with E-state index in [9.17, 15) is 0 Å². The minimum absolute atomic E-state index is 0.227. The number of hydrogen-bond acceptors (Lipinski definition) is 4. The van der Waals surface area contributed by atoms with Crippen molar-refractivity contribution in [3.8, 4) is 0 Å². The summed E-state index contributed by atoms with van der Waals surface area (Å²) in [4.78, 5) is 0. The van der Waals surface area contributed by atoms with Crippen LogP contribution in [0.1, 0.15) is 20.3 Å². The molecule has 0 spiro atoms. The zero-order valence-electron chi connectivity index (χ0n) is 9.12. The first-order valence-corrected chi connectivity index (χ1v) is 5.74. The number of nitrogens with two attached hydrogens (primary N) is 1. The van der Waals surface area contributed by atoms with Crippen molar-refractivity contribution in [2.24, 2.45) is 16.3 Å². The summed E-state index contributed by atoms with van der Waals surface area (Å²) in [5, 5.41) is 11.6. The highest BCUT2D eigenvalue weighted by atomic mass is 32.2. The van der Waals surface area contributed by atoms with Crippen LogP contribution in [-0.4, -0.2) is 36.3 Å². The van der Waals surface area contributed by atoms with Gasteiger partial charge in [-0.1, -0.05) is 19.0 Å². The second-order valence-electron chi connectivity index (χ2n) is 3.72. The Balaban J connectivity index is 3.66. The summed E-state index contributed by atoms with van der Waals surface area (Å²) < 4.78 is 4.93. The lowest BCUT2D eigenvalue weighted by atomic mass is 9.89. The van der Waals surface area contributed by atoms with E-state index in [1.54, 1.807) is 7.11 Å². The Kier molecular flexibility index (Phi) is 6.74. The smallest absolute Gasteiger partial charge is 0.144 e. The molecule has 0 fully saturated rings. The SMILES string of the molecule is COCCSCCC(C)(C)C(N)=NO. The van der Waals surface area contributed by atoms with Crippen molar-refractivity contribution in [2.75, 3.05) is 25.2 Å². The number of hydrogen-bond donors (Lipinski definition) is 2. The summed E-state index contributed by atoms with van der Waals surface area (Å²) in [5.74, 6) is 2.28. The molecular weight excluding hydrogens is 200 g/mol. The third-order valence-electron chi connectivity index (χ3n) is 2.10. The van der Waals surface area contributed by atoms with Crippen molar-refractivity contribution in [2.45, 2.75) is 20.3 Å². The zero-order chi connectivity index (χ0) is 11.0. The maximum Gasteiger partial charge on any atom is 0.144 e. The summed E-state index contributed by atoms with van der Waals surface area (Å²) in [6.45, 7) is 4.71. The van der Waals surface area contributed by atoms with Gasteiger partial charge in [-0.25, -0.2) is 0 Å². The fourth-order valence-corrected chi connectivity index (χ4v) is 1.98. The molecule has 0 aromatic rings. The van der Waals surface area contributed by atoms with Crippen LogP contribution in [0.2, 0.25) is 0 Å². The van der Waals surface area contributed by atoms with E-state index >= 15 is 0 Å². The van der Waals surface area contributed by atoms with Gasteiger partial charge >= 0.3 is 0 Å². The maximum atomic E-state index is 8.55. The number of nitrogens with zero attached hydrogens (tertiary/aromatic N) is 1. The van der Waals surface area contributed by atoms with Gasteiger partial charge in [0.2, 0.25) is 0 Å². The standard InChI is InChI=1S/C9H20N2O2S/c1-9(2,8(10)11-12)4-6-14-7-5-13-3/h12H,4-7H2,1-3H3,(H2,10,11). The van der Waals surface area contributed by atoms with Gasteiger partial charge in [-0.15, -0.1) is 0 Å². The molecule has 0 bridgehead atoms. The summed E-state index contributed by atoms with van der Waals surface area (Å²) >= 11 is 1.82. The van der Waals surface area contributed by atoms with Gasteiger partial charge in [0.25, 0.3) is 0 Å². The van der Waals surface area contributed by atoms with Crippen molar-refractivity contribution in [3.05, 3.63) is 0 Å². The van der Waals surface area contributed by atoms with E-state index in [1.165, 1.54) is 0 Å². The molecule has 0 aliphatic rings. The van der Waals surface area contributed by atoms with Crippen LogP contribution >= 0.6 is 11.8 Å². The van der Waals surface area contributed by atoms with Gasteiger partial charge < -0.3 is 15.7 Å². The largest absolute Gasteiger partial charge is 0.409 e. The van der Waals surface area contributed by atoms with Crippen LogP contribution in [0, 0.1) is 5.41 Å². The van der Waals surface area contributed by atoms with Crippen molar-refractivity contribution in [1.29, 1.82) is 0 Å². The van der Waals surface area contributed by atoms with E-state index in [0.29, 0.717) is 5.84 Å². The summed E-state index contributed by atoms with van der Waals surface area (Å²) in [5.41, 5.74) is 5.33. The zero-order valence-corrected chi connectivity index (χ0v) is 9.93. The predicted molar refractivity (Wildman–Crippen MR) is 61.0 cm³/mol. The van der Waals surface area contributed by atoms with Crippen LogP contribution in [0.25, 0.3) is 0 Å². The molecule has 0 aliphatic heterocycles. The highest BCUT2D eigenvalue weighted by Gasteiger charge is 2.22. The lowest BCUT2D eigenvalue weighted by Gasteiger charge is -2.22. The van der Waals surface area contributed by atoms with E-state index in [0.717, 1.165) is 24.5 Å². The topological polar surface area (TPSA) is 67.8 Å². The Morgan fingerprint density at radius 1 is 1.50 bits per heavy atom. The Morgan fingerprint density at radius 2 is 2.14 bits per heavy atom. The van der Waals surface area contributed by atoms with E-state index in [2.05, 4.69) is 5.16 Å². The number of oxime groups is 1. The van der Waals surface area contributed by atoms with Gasteiger partial charge in [-0.3, -0.25) is 0 Å². The number of thioether (sulfide) groups is 1. The van der Waals surface area contributed by atoms with Crippen molar-refractivity contribution in [1.82, 2.24) is 0 Å². The van der Waals surface area contributed by atoms with Gasteiger partial charge in [0.05, 0.1) is 6.61 Å². The second-order valence-corrected chi connectivity index (χ2v) is 4.95. The Labute approximate surface area is 89.9 Å². The van der Waals surface area contributed by atoms with E-state index in [1.807, 2.05) is 25.6 Å². The molecule has 0 amide bonds. The first-order chi connectivity index (χ1) is 6.54. The molecule has 3 N–H and O–H groups in total. The fourth-order valence-electron chi connectivity index (χ4n) is 0.835. The molecule has 14 heavy (non-hydrogen) atoms. The first-order valence-electron chi connectivity index (χ1n) is 4.59. The molecule has 0 atom stereocenters. The fraction of sp³-hybridized carbons (Fsp3) is 0.889. The lowest BCUT2D eigenvalue weighted by molar-refractivity contribution is 0.218. The predicted octanol–water partition coefficient (Wildman–Crippen LogP) is 1.53. The van der Waals surface area contributed by atoms with Gasteiger partial charge in [0.15, 0.2) is 0 Å². The quantitative estimate of drug-likeness (QED) is 0.224. The Morgan fingerprint density at radius 3 is 2.64 bits per heavy atom. The van der Waals surface area contributed by atoms with E-state index in [-0.39, 0.29) is 5.41 Å². The molecule has 0 unspecified atom stereocenters. The molecule has 0 aromatic carbocycles.